The summed E-state index contributed by atoms with van der Waals surface area (Å²) in [7, 11) is 3.29. The van der Waals surface area contributed by atoms with Crippen molar-refractivity contribution in [1.82, 2.24) is 43.6 Å². The van der Waals surface area contributed by atoms with Crippen molar-refractivity contribution in [3.8, 4) is 22.5 Å². The van der Waals surface area contributed by atoms with E-state index in [-0.39, 0.29) is 65.4 Å². The molecule has 66 heavy (non-hydrogen) atoms. The van der Waals surface area contributed by atoms with Crippen LogP contribution in [0.2, 0.25) is 0 Å². The summed E-state index contributed by atoms with van der Waals surface area (Å²) in [4.78, 5) is 81.7. The van der Waals surface area contributed by atoms with Gasteiger partial charge < -0.3 is 5.32 Å². The second-order valence-corrected chi connectivity index (χ2v) is 22.0. The Kier molecular flexibility index (Phi) is 15.5. The van der Waals surface area contributed by atoms with Crippen LogP contribution in [0.3, 0.4) is 0 Å². The summed E-state index contributed by atoms with van der Waals surface area (Å²) < 4.78 is 17.2. The summed E-state index contributed by atoms with van der Waals surface area (Å²) in [6.45, 7) is 17.6. The molecule has 0 saturated carbocycles. The fourth-order valence-electron chi connectivity index (χ4n) is 9.10. The number of pyridine rings is 1. The molecule has 18 heteroatoms. The van der Waals surface area contributed by atoms with Gasteiger partial charge in [0.15, 0.2) is 0 Å². The summed E-state index contributed by atoms with van der Waals surface area (Å²) in [5, 5.41) is 11.1. The van der Waals surface area contributed by atoms with E-state index in [9.17, 15) is 24.0 Å². The van der Waals surface area contributed by atoms with Gasteiger partial charge >= 0.3 is 368 Å². The topological polar surface area (TPSA) is 180 Å². The van der Waals surface area contributed by atoms with Gasteiger partial charge in [-0.25, -0.2) is 0 Å². The number of aromatic nitrogens is 3. The first kappa shape index (κ1) is 49.0. The van der Waals surface area contributed by atoms with Crippen molar-refractivity contribution in [1.29, 1.82) is 0 Å². The zero-order valence-electron chi connectivity index (χ0n) is 39.2. The Morgan fingerprint density at radius 1 is 1.17 bits per heavy atom. The zero-order chi connectivity index (χ0) is 47.4. The number of nitrogens with one attached hydrogen (secondary N) is 3. The molecule has 5 atom stereocenters. The number of hydrogen-bond acceptors (Lipinski definition) is 11. The quantitative estimate of drug-likeness (QED) is 0.0666. The predicted molar refractivity (Wildman–Crippen MR) is 249 cm³/mol. The third kappa shape index (κ3) is 10.5. The normalized spacial score (nSPS) is 21.1. The minimum absolute atomic E-state index is 0.108. The standard InChI is InChI=1S/C48H63IN9O7S/c1-10-39(59)51-25-31-18-21-57(31)47(63)55(8)42(28(3)4)44(60)53-36-23-40-52-37(26-66-40)30-16-17-38-33(22-30)34(43(56(38)11-2)32-14-12-19-50-41(32)29(5)64-9)24-48(6,7)27-65-46(62)35-15-13-20-58(45(36)61)54-49-35/h10,12,14,16-17,19,22,26,28-29,31,35-36,42,54H,1,11,13,15,18,20-21,23-25,27H2,2-9H3,(H,51,59)(H,53,60)/q-1/t29-,31+,35-,36-,42-/m0/s1. The van der Waals surface area contributed by atoms with Crippen LogP contribution < -0.4 is 35.8 Å². The number of methoxy groups -OCH3 is 1. The van der Waals surface area contributed by atoms with Crippen LogP contribution in [0.5, 0.6) is 0 Å². The monoisotopic (exact) mass is 1040 g/mol. The molecule has 0 spiro atoms. The SMILES string of the molecule is C=CC(=O)NC[C@H]1CCN1C(=O)N(C)[C@H](C(=O)N[C@H]1Cc2nc(cs2)-c2ccc3c(c2)c(c(-c2cccnc2[C@H](C)OC)n3CC)CC(C)(C)COC(=O)[C@@H]2CCCN(N[I-]2)C1=O)C(C)C. The summed E-state index contributed by atoms with van der Waals surface area (Å²) in [5.41, 5.74) is 6.21. The second kappa shape index (κ2) is 20.9. The van der Waals surface area contributed by atoms with Gasteiger partial charge in [-0.15, -0.1) is 0 Å². The Labute approximate surface area is 401 Å². The van der Waals surface area contributed by atoms with Crippen molar-refractivity contribution in [3.05, 3.63) is 70.8 Å². The molecular weight excluding hydrogens is 974 g/mol. The Bertz CT molecular complexity index is 2470. The van der Waals surface area contributed by atoms with Gasteiger partial charge in [-0.3, -0.25) is 4.79 Å². The van der Waals surface area contributed by atoms with Crippen LogP contribution in [0.1, 0.15) is 83.2 Å². The van der Waals surface area contributed by atoms with Gasteiger partial charge in [-0.2, -0.15) is 0 Å². The fourth-order valence-corrected chi connectivity index (χ4v) is 12.3. The number of alkyl halides is 1. The number of fused-ring (bicyclic) bond motifs is 7. The van der Waals surface area contributed by atoms with Crippen molar-refractivity contribution in [2.45, 2.75) is 108 Å². The third-order valence-corrected chi connectivity index (χ3v) is 16.4. The number of urea groups is 1. The van der Waals surface area contributed by atoms with Gasteiger partial charge in [0.2, 0.25) is 5.91 Å². The number of hydrazine groups is 1. The van der Waals surface area contributed by atoms with E-state index in [2.05, 4.69) is 70.5 Å². The molecule has 4 aromatic rings. The molecule has 6 heterocycles. The number of nitrogens with zero attached hydrogens (tertiary/aromatic N) is 6. The van der Waals surface area contributed by atoms with E-state index in [1.807, 2.05) is 32.2 Å². The first-order valence-corrected chi connectivity index (χ1v) is 25.9. The van der Waals surface area contributed by atoms with Crippen LogP contribution in [-0.2, 0) is 48.0 Å². The van der Waals surface area contributed by atoms with E-state index >= 15 is 0 Å². The minimum atomic E-state index is -1.07. The number of benzene rings is 1. The van der Waals surface area contributed by atoms with Crippen molar-refractivity contribution >= 4 is 52.0 Å². The van der Waals surface area contributed by atoms with Gasteiger partial charge in [0, 0.05) is 7.11 Å². The average molecular weight is 1040 g/mol. The molecule has 3 aromatic heterocycles. The number of likely N-dealkylation sites (tertiary alicyclic amines) is 1. The molecule has 0 aliphatic carbocycles. The first-order valence-electron chi connectivity index (χ1n) is 22.7. The van der Waals surface area contributed by atoms with Crippen molar-refractivity contribution < 1.29 is 54.9 Å². The van der Waals surface area contributed by atoms with Gasteiger partial charge in [-0.1, -0.05) is 6.58 Å². The summed E-state index contributed by atoms with van der Waals surface area (Å²) >= 11 is 0.353. The second-order valence-electron chi connectivity index (χ2n) is 18.4. The first-order chi connectivity index (χ1) is 31.5. The third-order valence-electron chi connectivity index (χ3n) is 12.8. The van der Waals surface area contributed by atoms with Crippen LogP contribution in [0.4, 0.5) is 4.79 Å². The molecule has 1 aromatic carbocycles. The van der Waals surface area contributed by atoms with Crippen LogP contribution in [0.25, 0.3) is 33.4 Å². The Hall–Kier alpha value is -4.92. The number of rotatable bonds is 11. The molecule has 0 unspecified atom stereocenters. The van der Waals surface area contributed by atoms with Crippen molar-refractivity contribution in [3.63, 3.8) is 0 Å². The van der Waals surface area contributed by atoms with Crippen LogP contribution in [0, 0.1) is 11.3 Å². The van der Waals surface area contributed by atoms with E-state index < -0.39 is 44.9 Å². The van der Waals surface area contributed by atoms with Gasteiger partial charge in [0.1, 0.15) is 0 Å². The molecule has 356 valence electrons. The maximum absolute atomic E-state index is 14.7. The number of cyclic esters (lactones) is 1. The maximum atomic E-state index is 14.7. The van der Waals surface area contributed by atoms with Crippen molar-refractivity contribution in [2.24, 2.45) is 11.3 Å². The molecule has 6 bridgehead atoms. The van der Waals surface area contributed by atoms with E-state index in [0.29, 0.717) is 50.3 Å². The number of carbonyl (C=O) groups is 5. The molecule has 16 nitrogen and oxygen atoms in total. The van der Waals surface area contributed by atoms with E-state index in [1.165, 1.54) is 22.3 Å². The number of amides is 5. The number of ether oxygens (including phenoxy) is 2. The molecule has 2 fully saturated rings. The fraction of sp³-hybridized carbons (Fsp3) is 0.521. The predicted octanol–water partition coefficient (Wildman–Crippen LogP) is 2.66. The molecule has 5 amide bonds. The molecule has 3 aliphatic rings. The Balaban J connectivity index is 1.26. The molecule has 0 radical (unpaired) electrons. The molecular formula is C48H63IN9O7S-. The van der Waals surface area contributed by atoms with Crippen LogP contribution in [-0.4, -0.2) is 122 Å². The van der Waals surface area contributed by atoms with E-state index in [4.69, 9.17) is 19.4 Å². The number of aryl methyl sites for hydroxylation is 1. The number of halogens is 1. The van der Waals surface area contributed by atoms with Crippen LogP contribution >= 0.6 is 11.3 Å². The Morgan fingerprint density at radius 2 is 1.95 bits per heavy atom. The molecule has 2 saturated heterocycles. The summed E-state index contributed by atoms with van der Waals surface area (Å²) in [6, 6.07) is 7.94. The van der Waals surface area contributed by atoms with Crippen molar-refractivity contribution in [2.75, 3.05) is 40.4 Å². The molecule has 3 N–H and O–H groups in total. The van der Waals surface area contributed by atoms with E-state index in [0.717, 1.165) is 44.7 Å². The number of likely N-dealkylation sites (N-methyl/N-ethyl adjacent to an activating group) is 1. The number of carbonyl (C=O) groups excluding carboxylic acids is 5. The van der Waals surface area contributed by atoms with Gasteiger partial charge in [0.25, 0.3) is 0 Å². The van der Waals surface area contributed by atoms with E-state index in [1.54, 1.807) is 30.3 Å². The van der Waals surface area contributed by atoms with Gasteiger partial charge in [-0.05, 0) is 6.08 Å². The molecule has 7 rings (SSSR count). The average Bonchev–Trinajstić information content (AvgIpc) is 3.78. The summed E-state index contributed by atoms with van der Waals surface area (Å²) in [6.07, 6.45) is 5.28. The van der Waals surface area contributed by atoms with Crippen LogP contribution in [0.15, 0.2) is 54.6 Å². The zero-order valence-corrected chi connectivity index (χ0v) is 42.2. The molecule has 3 aliphatic heterocycles. The number of esters is 1. The van der Waals surface area contributed by atoms with Gasteiger partial charge in [0.05, 0.1) is 0 Å². The number of hydrogen-bond donors (Lipinski definition) is 3. The Morgan fingerprint density at radius 3 is 2.65 bits per heavy atom. The number of thiazole rings is 1. The summed E-state index contributed by atoms with van der Waals surface area (Å²) in [5.74, 6) is -1.72.